The van der Waals surface area contributed by atoms with Crippen molar-refractivity contribution in [2.45, 2.75) is 24.2 Å². The predicted molar refractivity (Wildman–Crippen MR) is 57.3 cm³/mol. The molecule has 1 aliphatic rings. The summed E-state index contributed by atoms with van der Waals surface area (Å²) >= 11 is 3.61. The van der Waals surface area contributed by atoms with Crippen LogP contribution in [0.2, 0.25) is 0 Å². The lowest BCUT2D eigenvalue weighted by molar-refractivity contribution is 0.286. The van der Waals surface area contributed by atoms with Gasteiger partial charge in [-0.25, -0.2) is 0 Å². The highest BCUT2D eigenvalue weighted by atomic mass is 79.9. The first-order valence-electron chi connectivity index (χ1n) is 4.27. The fourth-order valence-corrected chi connectivity index (χ4v) is 2.99. The molecule has 4 heteroatoms. The van der Waals surface area contributed by atoms with Gasteiger partial charge < -0.3 is 0 Å². The summed E-state index contributed by atoms with van der Waals surface area (Å²) in [6, 6.07) is 0.651. The maximum Gasteiger partial charge on any atom is 0.0359 e. The summed E-state index contributed by atoms with van der Waals surface area (Å²) in [6.07, 6.45) is 2.99. The maximum absolute atomic E-state index is 10.9. The molecule has 0 N–H and O–H groups in total. The van der Waals surface area contributed by atoms with Crippen molar-refractivity contribution in [1.29, 1.82) is 0 Å². The summed E-state index contributed by atoms with van der Waals surface area (Å²) in [4.78, 5) is 3.04. The molecule has 12 heavy (non-hydrogen) atoms. The van der Waals surface area contributed by atoms with Crippen LogP contribution in [0.4, 0.5) is 0 Å². The molecule has 3 unspecified atom stereocenters. The van der Waals surface area contributed by atoms with Gasteiger partial charge in [-0.1, -0.05) is 15.9 Å². The van der Waals surface area contributed by atoms with Crippen molar-refractivity contribution in [1.82, 2.24) is 4.90 Å². The fraction of sp³-hybridized carbons (Fsp3) is 1.00. The Morgan fingerprint density at radius 1 is 1.67 bits per heavy atom. The molecule has 3 atom stereocenters. The van der Waals surface area contributed by atoms with Crippen molar-refractivity contribution in [2.75, 3.05) is 25.1 Å². The van der Waals surface area contributed by atoms with Crippen molar-refractivity contribution in [2.24, 2.45) is 0 Å². The van der Waals surface area contributed by atoms with E-state index < -0.39 is 10.8 Å². The minimum atomic E-state index is -0.645. The van der Waals surface area contributed by atoms with Gasteiger partial charge in [-0.2, -0.15) is 0 Å². The van der Waals surface area contributed by atoms with E-state index in [1.165, 1.54) is 6.42 Å². The van der Waals surface area contributed by atoms with Gasteiger partial charge in [0.1, 0.15) is 0 Å². The van der Waals surface area contributed by atoms with Crippen LogP contribution in [0.3, 0.4) is 0 Å². The molecule has 72 valence electrons. The maximum atomic E-state index is 10.9. The lowest BCUT2D eigenvalue weighted by Crippen LogP contribution is -2.31. The van der Waals surface area contributed by atoms with E-state index in [2.05, 4.69) is 27.8 Å². The van der Waals surface area contributed by atoms with Gasteiger partial charge in [-0.05, 0) is 13.3 Å². The second-order valence-corrected chi connectivity index (χ2v) is 6.30. The van der Waals surface area contributed by atoms with Crippen LogP contribution in [-0.2, 0) is 10.8 Å². The van der Waals surface area contributed by atoms with Crippen LogP contribution >= 0.6 is 15.9 Å². The van der Waals surface area contributed by atoms with Crippen molar-refractivity contribution in [3.8, 4) is 0 Å². The Balaban J connectivity index is 2.28. The van der Waals surface area contributed by atoms with E-state index >= 15 is 0 Å². The molecule has 0 aromatic heterocycles. The van der Waals surface area contributed by atoms with Crippen molar-refractivity contribution >= 4 is 26.7 Å². The summed E-state index contributed by atoms with van der Waals surface area (Å²) in [5.41, 5.74) is 0. The van der Waals surface area contributed by atoms with Crippen LogP contribution < -0.4 is 0 Å². The third kappa shape index (κ3) is 3.15. The summed E-state index contributed by atoms with van der Waals surface area (Å²) in [6.45, 7) is 4.32. The van der Waals surface area contributed by atoms with Crippen LogP contribution in [0.1, 0.15) is 13.3 Å². The predicted octanol–water partition coefficient (Wildman–Crippen LogP) is 1.22. The molecule has 1 fully saturated rings. The van der Waals surface area contributed by atoms with Crippen LogP contribution in [0.25, 0.3) is 0 Å². The summed E-state index contributed by atoms with van der Waals surface area (Å²) in [5, 5.41) is 0. The molecule has 0 aliphatic carbocycles. The second-order valence-electron chi connectivity index (χ2n) is 3.45. The van der Waals surface area contributed by atoms with E-state index in [9.17, 15) is 4.21 Å². The van der Waals surface area contributed by atoms with E-state index in [0.29, 0.717) is 10.9 Å². The van der Waals surface area contributed by atoms with Crippen LogP contribution in [-0.4, -0.2) is 45.1 Å². The Bertz CT molecular complexity index is 176. The molecule has 1 heterocycles. The summed E-state index contributed by atoms with van der Waals surface area (Å²) in [5.74, 6) is 0.810. The average Bonchev–Trinajstić information content (AvgIpc) is 2.26. The fourth-order valence-electron chi connectivity index (χ4n) is 1.59. The smallest absolute Gasteiger partial charge is 0.0359 e. The van der Waals surface area contributed by atoms with Crippen molar-refractivity contribution < 1.29 is 4.21 Å². The molecule has 0 spiro atoms. The standard InChI is InChI=1S/C8H16BrNOS/c1-7-5-8(9)6-10(7)3-4-12(2)11/h7-8H,3-6H2,1-2H3. The minimum Gasteiger partial charge on any atom is -0.299 e. The average molecular weight is 254 g/mol. The molecule has 2 nitrogen and oxygen atoms in total. The molecule has 0 amide bonds. The summed E-state index contributed by atoms with van der Waals surface area (Å²) in [7, 11) is -0.645. The Morgan fingerprint density at radius 2 is 2.33 bits per heavy atom. The molecule has 0 radical (unpaired) electrons. The van der Waals surface area contributed by atoms with Gasteiger partial charge in [0.15, 0.2) is 0 Å². The number of nitrogens with zero attached hydrogens (tertiary/aromatic N) is 1. The van der Waals surface area contributed by atoms with Gasteiger partial charge in [-0.3, -0.25) is 9.11 Å². The quantitative estimate of drug-likeness (QED) is 0.706. The Hall–Kier alpha value is 0.590. The van der Waals surface area contributed by atoms with Gasteiger partial charge in [0.2, 0.25) is 0 Å². The molecular formula is C8H16BrNOS. The molecule has 1 rings (SSSR count). The third-order valence-electron chi connectivity index (χ3n) is 2.32. The number of likely N-dealkylation sites (tertiary alicyclic amines) is 1. The first-order chi connectivity index (χ1) is 5.59. The zero-order valence-corrected chi connectivity index (χ0v) is 10.0. The van der Waals surface area contributed by atoms with E-state index in [0.717, 1.165) is 18.8 Å². The molecule has 1 aliphatic heterocycles. The molecule has 0 bridgehead atoms. The van der Waals surface area contributed by atoms with E-state index in [-0.39, 0.29) is 0 Å². The number of halogens is 1. The normalized spacial score (nSPS) is 33.9. The highest BCUT2D eigenvalue weighted by Crippen LogP contribution is 2.22. The van der Waals surface area contributed by atoms with E-state index in [1.54, 1.807) is 6.26 Å². The topological polar surface area (TPSA) is 20.3 Å². The summed E-state index contributed by atoms with van der Waals surface area (Å²) < 4.78 is 10.9. The zero-order valence-electron chi connectivity index (χ0n) is 7.62. The van der Waals surface area contributed by atoms with Crippen LogP contribution in [0, 0.1) is 0 Å². The van der Waals surface area contributed by atoms with Gasteiger partial charge >= 0.3 is 0 Å². The van der Waals surface area contributed by atoms with E-state index in [4.69, 9.17) is 0 Å². The first kappa shape index (κ1) is 10.7. The highest BCUT2D eigenvalue weighted by Gasteiger charge is 2.26. The molecule has 1 saturated heterocycles. The van der Waals surface area contributed by atoms with Gasteiger partial charge in [-0.15, -0.1) is 0 Å². The molecule has 0 aromatic rings. The Labute approximate surface area is 85.3 Å². The van der Waals surface area contributed by atoms with Gasteiger partial charge in [0.25, 0.3) is 0 Å². The van der Waals surface area contributed by atoms with Crippen molar-refractivity contribution in [3.63, 3.8) is 0 Å². The monoisotopic (exact) mass is 253 g/mol. The lowest BCUT2D eigenvalue weighted by Gasteiger charge is -2.19. The minimum absolute atomic E-state index is 0.637. The number of hydrogen-bond acceptors (Lipinski definition) is 2. The third-order valence-corrected chi connectivity index (χ3v) is 3.74. The number of hydrogen-bond donors (Lipinski definition) is 0. The Kier molecular flexibility index (Phi) is 4.20. The first-order valence-corrected chi connectivity index (χ1v) is 6.92. The second kappa shape index (κ2) is 4.72. The molecule has 0 aromatic carbocycles. The number of alkyl halides is 1. The molecule has 0 saturated carbocycles. The largest absolute Gasteiger partial charge is 0.299 e. The van der Waals surface area contributed by atoms with Crippen LogP contribution in [0.5, 0.6) is 0 Å². The van der Waals surface area contributed by atoms with Crippen LogP contribution in [0.15, 0.2) is 0 Å². The Morgan fingerprint density at radius 3 is 2.75 bits per heavy atom. The van der Waals surface area contributed by atoms with Gasteiger partial charge in [0.05, 0.1) is 0 Å². The molecular weight excluding hydrogens is 238 g/mol. The highest BCUT2D eigenvalue weighted by molar-refractivity contribution is 9.09. The lowest BCUT2D eigenvalue weighted by atomic mass is 10.2. The van der Waals surface area contributed by atoms with E-state index in [1.807, 2.05) is 0 Å². The number of rotatable bonds is 3. The van der Waals surface area contributed by atoms with Crippen molar-refractivity contribution in [3.05, 3.63) is 0 Å². The SMILES string of the molecule is CC1CC(Br)CN1CCS(C)=O. The zero-order chi connectivity index (χ0) is 9.14. The van der Waals surface area contributed by atoms with Gasteiger partial charge in [0, 0.05) is 46.8 Å².